The number of nitrogens with two attached hydrogens (primary N) is 1. The number of anilines is 1. The molecule has 3 N–H and O–H groups in total. The summed E-state index contributed by atoms with van der Waals surface area (Å²) in [5, 5.41) is 9.62. The first kappa shape index (κ1) is 14.4. The lowest BCUT2D eigenvalue weighted by atomic mass is 10.1. The lowest BCUT2D eigenvalue weighted by Gasteiger charge is -2.30. The Bertz CT molecular complexity index is 616. The van der Waals surface area contributed by atoms with Crippen LogP contribution < -0.4 is 5.73 Å². The van der Waals surface area contributed by atoms with Crippen LogP contribution in [0.25, 0.3) is 11.0 Å². The van der Waals surface area contributed by atoms with Crippen molar-refractivity contribution in [3.8, 4) is 0 Å². The van der Waals surface area contributed by atoms with Crippen LogP contribution in [0.1, 0.15) is 38.1 Å². The van der Waals surface area contributed by atoms with Gasteiger partial charge in [0.15, 0.2) is 0 Å². The van der Waals surface area contributed by atoms with Gasteiger partial charge in [-0.1, -0.05) is 6.42 Å². The number of hydrogen-bond acceptors (Lipinski definition) is 4. The Morgan fingerprint density at radius 3 is 2.76 bits per heavy atom. The molecular weight excluding hydrogens is 264 g/mol. The second kappa shape index (κ2) is 6.03. The van der Waals surface area contributed by atoms with Crippen LogP contribution in [0.3, 0.4) is 0 Å². The van der Waals surface area contributed by atoms with Crippen molar-refractivity contribution in [2.24, 2.45) is 0 Å². The van der Waals surface area contributed by atoms with Gasteiger partial charge in [0.1, 0.15) is 12.4 Å². The van der Waals surface area contributed by atoms with E-state index >= 15 is 0 Å². The maximum atomic E-state index is 9.62. The van der Waals surface area contributed by atoms with Gasteiger partial charge in [-0.15, -0.1) is 0 Å². The number of imidazole rings is 1. The van der Waals surface area contributed by atoms with E-state index in [4.69, 9.17) is 5.73 Å². The van der Waals surface area contributed by atoms with E-state index in [0.29, 0.717) is 11.7 Å². The van der Waals surface area contributed by atoms with E-state index in [-0.39, 0.29) is 6.61 Å². The summed E-state index contributed by atoms with van der Waals surface area (Å²) >= 11 is 0. The highest BCUT2D eigenvalue weighted by Crippen LogP contribution is 2.24. The molecule has 1 saturated heterocycles. The minimum Gasteiger partial charge on any atom is -0.399 e. The zero-order chi connectivity index (χ0) is 14.8. The third-order valence-electron chi connectivity index (χ3n) is 4.34. The highest BCUT2D eigenvalue weighted by molar-refractivity contribution is 5.79. The van der Waals surface area contributed by atoms with Crippen LogP contribution in [0.4, 0.5) is 5.69 Å². The van der Waals surface area contributed by atoms with E-state index in [0.717, 1.165) is 23.4 Å². The van der Waals surface area contributed by atoms with E-state index < -0.39 is 0 Å². The summed E-state index contributed by atoms with van der Waals surface area (Å²) in [6.07, 6.45) is 3.93. The molecule has 1 fully saturated rings. The third kappa shape index (κ3) is 2.89. The fourth-order valence-electron chi connectivity index (χ4n) is 3.37. The number of aromatic nitrogens is 2. The fraction of sp³-hybridized carbons (Fsp3) is 0.562. The topological polar surface area (TPSA) is 67.3 Å². The lowest BCUT2D eigenvalue weighted by Crippen LogP contribution is -2.34. The lowest BCUT2D eigenvalue weighted by molar-refractivity contribution is 0.196. The van der Waals surface area contributed by atoms with E-state index in [9.17, 15) is 5.11 Å². The van der Waals surface area contributed by atoms with Crippen molar-refractivity contribution in [1.29, 1.82) is 0 Å². The van der Waals surface area contributed by atoms with Crippen molar-refractivity contribution >= 4 is 16.7 Å². The molecule has 1 atom stereocenters. The minimum absolute atomic E-state index is 0.0427. The predicted molar refractivity (Wildman–Crippen MR) is 85.1 cm³/mol. The molecule has 114 valence electrons. The van der Waals surface area contributed by atoms with Gasteiger partial charge in [-0.3, -0.25) is 0 Å². The van der Waals surface area contributed by atoms with Crippen LogP contribution >= 0.6 is 0 Å². The van der Waals surface area contributed by atoms with E-state index in [1.54, 1.807) is 0 Å². The normalized spacial score (nSPS) is 18.2. The Morgan fingerprint density at radius 1 is 1.29 bits per heavy atom. The molecule has 0 radical (unpaired) electrons. The molecule has 0 spiro atoms. The Labute approximate surface area is 125 Å². The Balaban J connectivity index is 1.90. The second-order valence-corrected chi connectivity index (χ2v) is 6.01. The molecule has 2 aromatic rings. The van der Waals surface area contributed by atoms with E-state index in [1.165, 1.54) is 32.4 Å². The van der Waals surface area contributed by atoms with Gasteiger partial charge >= 0.3 is 0 Å². The van der Waals surface area contributed by atoms with Crippen LogP contribution in [0, 0.1) is 0 Å². The van der Waals surface area contributed by atoms with Crippen molar-refractivity contribution in [3.05, 3.63) is 24.0 Å². The van der Waals surface area contributed by atoms with Gasteiger partial charge in [-0.05, 0) is 51.1 Å². The first-order chi connectivity index (χ1) is 10.2. The number of nitrogen functional groups attached to an aromatic ring is 1. The first-order valence-corrected chi connectivity index (χ1v) is 7.78. The number of benzene rings is 1. The van der Waals surface area contributed by atoms with Gasteiger partial charge < -0.3 is 20.3 Å². The van der Waals surface area contributed by atoms with Crippen LogP contribution in [-0.2, 0) is 6.61 Å². The molecule has 0 amide bonds. The molecule has 1 aromatic heterocycles. The fourth-order valence-corrected chi connectivity index (χ4v) is 3.37. The molecule has 1 aliphatic rings. The minimum atomic E-state index is -0.0427. The molecule has 2 heterocycles. The molecule has 21 heavy (non-hydrogen) atoms. The van der Waals surface area contributed by atoms with Crippen LogP contribution in [-0.4, -0.2) is 39.2 Å². The van der Waals surface area contributed by atoms with Crippen molar-refractivity contribution in [3.63, 3.8) is 0 Å². The summed E-state index contributed by atoms with van der Waals surface area (Å²) in [5.41, 5.74) is 8.46. The molecule has 1 unspecified atom stereocenters. The Hall–Kier alpha value is -1.59. The van der Waals surface area contributed by atoms with Gasteiger partial charge in [0.2, 0.25) is 0 Å². The summed E-state index contributed by atoms with van der Waals surface area (Å²) in [4.78, 5) is 7.03. The monoisotopic (exact) mass is 288 g/mol. The second-order valence-electron chi connectivity index (χ2n) is 6.01. The average molecular weight is 288 g/mol. The van der Waals surface area contributed by atoms with Crippen LogP contribution in [0.2, 0.25) is 0 Å². The number of rotatable bonds is 4. The molecule has 0 saturated carbocycles. The summed E-state index contributed by atoms with van der Waals surface area (Å²) in [6, 6.07) is 6.07. The quantitative estimate of drug-likeness (QED) is 0.846. The molecule has 5 nitrogen and oxygen atoms in total. The molecule has 0 bridgehead atoms. The predicted octanol–water partition coefficient (Wildman–Crippen LogP) is 2.16. The third-order valence-corrected chi connectivity index (χ3v) is 4.34. The molecule has 1 aromatic carbocycles. The summed E-state index contributed by atoms with van der Waals surface area (Å²) in [7, 11) is 0. The zero-order valence-electron chi connectivity index (χ0n) is 12.6. The molecular formula is C16H24N4O. The van der Waals surface area contributed by atoms with Crippen LogP contribution in [0.5, 0.6) is 0 Å². The molecule has 3 rings (SSSR count). The highest BCUT2D eigenvalue weighted by Gasteiger charge is 2.19. The number of nitrogens with zero attached hydrogens (tertiary/aromatic N) is 3. The van der Waals surface area contributed by atoms with Gasteiger partial charge in [-0.2, -0.15) is 0 Å². The number of hydrogen-bond donors (Lipinski definition) is 2. The van der Waals surface area contributed by atoms with Crippen LogP contribution in [0.15, 0.2) is 18.2 Å². The van der Waals surface area contributed by atoms with Gasteiger partial charge in [0, 0.05) is 18.3 Å². The summed E-state index contributed by atoms with van der Waals surface area (Å²) in [6.45, 7) is 5.52. The number of aliphatic hydroxyl groups excluding tert-OH is 1. The zero-order valence-corrected chi connectivity index (χ0v) is 12.6. The van der Waals surface area contributed by atoms with Gasteiger partial charge in [0.25, 0.3) is 0 Å². The number of likely N-dealkylation sites (tertiary alicyclic amines) is 1. The SMILES string of the molecule is CC(CN1CCCCC1)n1c(CO)nc2cc(N)ccc21. The van der Waals surface area contributed by atoms with E-state index in [1.807, 2.05) is 18.2 Å². The number of fused-ring (bicyclic) bond motifs is 1. The highest BCUT2D eigenvalue weighted by atomic mass is 16.3. The summed E-state index contributed by atoms with van der Waals surface area (Å²) in [5.74, 6) is 0.722. The number of piperidine rings is 1. The molecule has 1 aliphatic heterocycles. The smallest absolute Gasteiger partial charge is 0.136 e. The Kier molecular flexibility index (Phi) is 4.12. The van der Waals surface area contributed by atoms with Crippen molar-refractivity contribution in [2.45, 2.75) is 38.8 Å². The largest absolute Gasteiger partial charge is 0.399 e. The Morgan fingerprint density at radius 2 is 2.05 bits per heavy atom. The number of aliphatic hydroxyl groups is 1. The average Bonchev–Trinajstić information content (AvgIpc) is 2.85. The molecule has 5 heteroatoms. The summed E-state index contributed by atoms with van der Waals surface area (Å²) < 4.78 is 2.16. The van der Waals surface area contributed by atoms with Gasteiger partial charge in [-0.25, -0.2) is 4.98 Å². The first-order valence-electron chi connectivity index (χ1n) is 7.78. The standard InChI is InChI=1S/C16H24N4O/c1-12(10-19-7-3-2-4-8-19)20-15-6-5-13(17)9-14(15)18-16(20)11-21/h5-6,9,12,21H,2-4,7-8,10-11,17H2,1H3. The molecule has 0 aliphatic carbocycles. The maximum absolute atomic E-state index is 9.62. The van der Waals surface area contributed by atoms with Crippen molar-refractivity contribution < 1.29 is 5.11 Å². The van der Waals surface area contributed by atoms with E-state index in [2.05, 4.69) is 21.4 Å². The van der Waals surface area contributed by atoms with Crippen molar-refractivity contribution in [2.75, 3.05) is 25.4 Å². The maximum Gasteiger partial charge on any atom is 0.136 e. The van der Waals surface area contributed by atoms with Crippen molar-refractivity contribution in [1.82, 2.24) is 14.5 Å². The van der Waals surface area contributed by atoms with Gasteiger partial charge in [0.05, 0.1) is 11.0 Å².